The van der Waals surface area contributed by atoms with E-state index in [9.17, 15) is 4.79 Å². The molecule has 2 N–H and O–H groups in total. The number of methoxy groups -OCH3 is 1. The van der Waals surface area contributed by atoms with Gasteiger partial charge in [0.05, 0.1) is 25.9 Å². The minimum absolute atomic E-state index is 0.0810. The van der Waals surface area contributed by atoms with Crippen LogP contribution < -0.4 is 10.6 Å². The van der Waals surface area contributed by atoms with E-state index in [0.717, 1.165) is 0 Å². The number of carbonyl (C=O) groups excluding carboxylic acids is 1. The SMILES string of the molecule is COCCNCC(=O)NCc1ccno1. The average Bonchev–Trinajstić information content (AvgIpc) is 2.74. The predicted octanol–water partition coefficient (Wildman–Crippen LogP) is -0.473. The van der Waals surface area contributed by atoms with Gasteiger partial charge in [-0.05, 0) is 0 Å². The second kappa shape index (κ2) is 6.97. The molecule has 6 heteroatoms. The van der Waals surface area contributed by atoms with Crippen molar-refractivity contribution >= 4 is 5.91 Å². The summed E-state index contributed by atoms with van der Waals surface area (Å²) in [5.41, 5.74) is 0. The van der Waals surface area contributed by atoms with E-state index < -0.39 is 0 Å². The molecule has 0 bridgehead atoms. The summed E-state index contributed by atoms with van der Waals surface area (Å²) in [6, 6.07) is 1.71. The van der Waals surface area contributed by atoms with Crippen molar-refractivity contribution in [3.8, 4) is 0 Å². The molecule has 1 aromatic rings. The molecule has 0 fully saturated rings. The van der Waals surface area contributed by atoms with Crippen LogP contribution in [0.3, 0.4) is 0 Å². The van der Waals surface area contributed by atoms with Gasteiger partial charge in [-0.3, -0.25) is 4.79 Å². The van der Waals surface area contributed by atoms with Gasteiger partial charge in [-0.2, -0.15) is 0 Å². The Morgan fingerprint density at radius 3 is 3.20 bits per heavy atom. The first kappa shape index (κ1) is 11.7. The molecule has 0 spiro atoms. The van der Waals surface area contributed by atoms with Crippen LogP contribution in [0.15, 0.2) is 16.8 Å². The minimum atomic E-state index is -0.0810. The van der Waals surface area contributed by atoms with Crippen molar-refractivity contribution < 1.29 is 14.1 Å². The molecule has 1 rings (SSSR count). The summed E-state index contributed by atoms with van der Waals surface area (Å²) >= 11 is 0. The molecular weight excluding hydrogens is 198 g/mol. The van der Waals surface area contributed by atoms with Crippen LogP contribution >= 0.6 is 0 Å². The third-order valence-electron chi connectivity index (χ3n) is 1.72. The lowest BCUT2D eigenvalue weighted by Gasteiger charge is -2.04. The van der Waals surface area contributed by atoms with Gasteiger partial charge in [-0.25, -0.2) is 0 Å². The van der Waals surface area contributed by atoms with E-state index in [2.05, 4.69) is 15.8 Å². The number of hydrogen-bond acceptors (Lipinski definition) is 5. The van der Waals surface area contributed by atoms with Crippen LogP contribution in [0.4, 0.5) is 0 Å². The van der Waals surface area contributed by atoms with Crippen LogP contribution in [0.1, 0.15) is 5.76 Å². The van der Waals surface area contributed by atoms with Gasteiger partial charge in [-0.15, -0.1) is 0 Å². The van der Waals surface area contributed by atoms with E-state index in [1.807, 2.05) is 0 Å². The fraction of sp³-hybridized carbons (Fsp3) is 0.556. The quantitative estimate of drug-likeness (QED) is 0.599. The van der Waals surface area contributed by atoms with Crippen molar-refractivity contribution in [3.05, 3.63) is 18.0 Å². The summed E-state index contributed by atoms with van der Waals surface area (Å²) in [7, 11) is 1.62. The molecule has 0 radical (unpaired) electrons. The predicted molar refractivity (Wildman–Crippen MR) is 53.1 cm³/mol. The van der Waals surface area contributed by atoms with E-state index in [0.29, 0.717) is 25.5 Å². The number of nitrogens with zero attached hydrogens (tertiary/aromatic N) is 1. The fourth-order valence-electron chi connectivity index (χ4n) is 0.958. The van der Waals surface area contributed by atoms with Crippen molar-refractivity contribution in [1.29, 1.82) is 0 Å². The zero-order valence-corrected chi connectivity index (χ0v) is 8.66. The molecule has 1 aromatic heterocycles. The molecule has 0 atom stereocenters. The fourth-order valence-corrected chi connectivity index (χ4v) is 0.958. The van der Waals surface area contributed by atoms with Gasteiger partial charge >= 0.3 is 0 Å². The number of amides is 1. The van der Waals surface area contributed by atoms with Gasteiger partial charge in [0.2, 0.25) is 5.91 Å². The zero-order valence-electron chi connectivity index (χ0n) is 8.66. The first-order chi connectivity index (χ1) is 7.33. The Balaban J connectivity index is 2.04. The lowest BCUT2D eigenvalue weighted by molar-refractivity contribution is -0.120. The van der Waals surface area contributed by atoms with Crippen LogP contribution in [0.5, 0.6) is 0 Å². The van der Waals surface area contributed by atoms with Crippen LogP contribution in [0.2, 0.25) is 0 Å². The largest absolute Gasteiger partial charge is 0.383 e. The maximum absolute atomic E-state index is 11.2. The van der Waals surface area contributed by atoms with Crippen LogP contribution in [-0.4, -0.2) is 37.9 Å². The van der Waals surface area contributed by atoms with Crippen molar-refractivity contribution in [3.63, 3.8) is 0 Å². The van der Waals surface area contributed by atoms with Crippen molar-refractivity contribution in [1.82, 2.24) is 15.8 Å². The van der Waals surface area contributed by atoms with Gasteiger partial charge < -0.3 is 19.9 Å². The van der Waals surface area contributed by atoms with Crippen molar-refractivity contribution in [2.75, 3.05) is 26.8 Å². The highest BCUT2D eigenvalue weighted by Gasteiger charge is 2.01. The Bertz CT molecular complexity index is 274. The second-order valence-electron chi connectivity index (χ2n) is 2.93. The topological polar surface area (TPSA) is 76.4 Å². The summed E-state index contributed by atoms with van der Waals surface area (Å²) in [4.78, 5) is 11.2. The molecule has 15 heavy (non-hydrogen) atoms. The Morgan fingerprint density at radius 1 is 1.67 bits per heavy atom. The highest BCUT2D eigenvalue weighted by molar-refractivity contribution is 5.77. The highest BCUT2D eigenvalue weighted by atomic mass is 16.5. The molecule has 0 aromatic carbocycles. The highest BCUT2D eigenvalue weighted by Crippen LogP contribution is 1.94. The smallest absolute Gasteiger partial charge is 0.234 e. The van der Waals surface area contributed by atoms with E-state index >= 15 is 0 Å². The molecule has 0 saturated carbocycles. The average molecular weight is 213 g/mol. The molecular formula is C9H15N3O3. The third-order valence-corrected chi connectivity index (χ3v) is 1.72. The number of ether oxygens (including phenoxy) is 1. The van der Waals surface area contributed by atoms with Crippen molar-refractivity contribution in [2.24, 2.45) is 0 Å². The summed E-state index contributed by atoms with van der Waals surface area (Å²) in [5, 5.41) is 9.15. The Kier molecular flexibility index (Phi) is 5.42. The second-order valence-corrected chi connectivity index (χ2v) is 2.93. The molecule has 1 amide bonds. The maximum Gasteiger partial charge on any atom is 0.234 e. The standard InChI is InChI=1S/C9H15N3O3/c1-14-5-4-10-7-9(13)11-6-8-2-3-12-15-8/h2-3,10H,4-7H2,1H3,(H,11,13). The number of nitrogens with one attached hydrogen (secondary N) is 2. The number of aromatic nitrogens is 1. The van der Waals surface area contributed by atoms with Gasteiger partial charge in [0.25, 0.3) is 0 Å². The Labute approximate surface area is 88.0 Å². The first-order valence-electron chi connectivity index (χ1n) is 4.69. The van der Waals surface area contributed by atoms with Crippen molar-refractivity contribution in [2.45, 2.75) is 6.54 Å². The van der Waals surface area contributed by atoms with Gasteiger partial charge in [0, 0.05) is 19.7 Å². The van der Waals surface area contributed by atoms with Crippen LogP contribution in [0.25, 0.3) is 0 Å². The number of rotatable bonds is 7. The van der Waals surface area contributed by atoms with Crippen LogP contribution in [-0.2, 0) is 16.1 Å². The first-order valence-corrected chi connectivity index (χ1v) is 4.69. The van der Waals surface area contributed by atoms with Gasteiger partial charge in [0.1, 0.15) is 0 Å². The summed E-state index contributed by atoms with van der Waals surface area (Å²) in [6.07, 6.45) is 1.54. The minimum Gasteiger partial charge on any atom is -0.383 e. The van der Waals surface area contributed by atoms with E-state index in [1.165, 1.54) is 0 Å². The molecule has 0 unspecified atom stereocenters. The zero-order chi connectivity index (χ0) is 10.9. The Hall–Kier alpha value is -1.40. The number of hydrogen-bond donors (Lipinski definition) is 2. The molecule has 6 nitrogen and oxygen atoms in total. The van der Waals surface area contributed by atoms with E-state index in [4.69, 9.17) is 9.26 Å². The lowest BCUT2D eigenvalue weighted by Crippen LogP contribution is -2.34. The number of carbonyl (C=O) groups is 1. The summed E-state index contributed by atoms with van der Waals surface area (Å²) < 4.78 is 9.65. The molecule has 0 saturated heterocycles. The third kappa shape index (κ3) is 5.14. The molecule has 0 aliphatic rings. The summed E-state index contributed by atoms with van der Waals surface area (Å²) in [6.45, 7) is 1.89. The van der Waals surface area contributed by atoms with Gasteiger partial charge in [-0.1, -0.05) is 5.16 Å². The van der Waals surface area contributed by atoms with Crippen LogP contribution in [0, 0.1) is 0 Å². The van der Waals surface area contributed by atoms with E-state index in [-0.39, 0.29) is 12.5 Å². The van der Waals surface area contributed by atoms with Gasteiger partial charge in [0.15, 0.2) is 5.76 Å². The molecule has 0 aliphatic carbocycles. The monoisotopic (exact) mass is 213 g/mol. The maximum atomic E-state index is 11.2. The molecule has 1 heterocycles. The molecule has 84 valence electrons. The molecule has 0 aliphatic heterocycles. The lowest BCUT2D eigenvalue weighted by atomic mass is 10.4. The normalized spacial score (nSPS) is 10.2. The summed E-state index contributed by atoms with van der Waals surface area (Å²) in [5.74, 6) is 0.558. The van der Waals surface area contributed by atoms with E-state index in [1.54, 1.807) is 19.4 Å². The Morgan fingerprint density at radius 2 is 2.53 bits per heavy atom.